The molecule has 1 heterocycles. The largest absolute Gasteiger partial charge is 0.307 e. The monoisotopic (exact) mass is 151 g/mol. The Balaban J connectivity index is 2.50. The molecule has 0 fully saturated rings. The van der Waals surface area contributed by atoms with Gasteiger partial charge in [0.1, 0.15) is 5.82 Å². The summed E-state index contributed by atoms with van der Waals surface area (Å²) in [4.78, 5) is 1.15. The van der Waals surface area contributed by atoms with Crippen molar-refractivity contribution in [2.45, 2.75) is 6.32 Å². The molecule has 0 atom stereocenters. The number of hydrogen-bond acceptors (Lipinski definition) is 2. The van der Waals surface area contributed by atoms with Crippen molar-refractivity contribution >= 4 is 13.1 Å². The maximum absolute atomic E-state index is 12.6. The van der Waals surface area contributed by atoms with E-state index in [0.717, 1.165) is 22.5 Å². The number of rotatable bonds is 0. The van der Waals surface area contributed by atoms with E-state index in [0.29, 0.717) is 7.41 Å². The number of nitrogens with zero attached hydrogens (tertiary/aromatic N) is 1. The van der Waals surface area contributed by atoms with Gasteiger partial charge in [-0.05, 0) is 30.1 Å². The van der Waals surface area contributed by atoms with Gasteiger partial charge in [0, 0.05) is 0 Å². The van der Waals surface area contributed by atoms with Gasteiger partial charge in [-0.3, -0.25) is 0 Å². The second-order valence-corrected chi connectivity index (χ2v) is 2.65. The highest BCUT2D eigenvalue weighted by molar-refractivity contribution is 6.42. The summed E-state index contributed by atoms with van der Waals surface area (Å²) in [5.41, 5.74) is 1.61. The molecule has 0 saturated heterocycles. The van der Waals surface area contributed by atoms with Crippen molar-refractivity contribution in [3.63, 3.8) is 0 Å². The van der Waals surface area contributed by atoms with Crippen molar-refractivity contribution in [3.05, 3.63) is 29.6 Å². The topological polar surface area (TPSA) is 23.5 Å². The fourth-order valence-electron chi connectivity index (χ4n) is 1.35. The molecule has 4 heteroatoms. The summed E-state index contributed by atoms with van der Waals surface area (Å²) in [5.74, 6) is -0.237. The van der Waals surface area contributed by atoms with Crippen LogP contribution in [0.3, 0.4) is 0 Å². The van der Waals surface area contributed by atoms with Crippen LogP contribution in [0.5, 0.6) is 0 Å². The van der Waals surface area contributed by atoms with Crippen molar-refractivity contribution in [2.24, 2.45) is 0 Å². The normalized spacial score (nSPS) is 14.5. The number of benzene rings is 1. The molecule has 1 aromatic carbocycles. The Morgan fingerprint density at radius 3 is 3.18 bits per heavy atom. The molecule has 2 nitrogen and oxygen atoms in total. The average Bonchev–Trinajstić information content (AvgIpc) is 2.32. The molecule has 0 amide bonds. The minimum absolute atomic E-state index is 0.237. The number of hydrogen-bond donors (Lipinski definition) is 1. The summed E-state index contributed by atoms with van der Waals surface area (Å²) < 4.78 is 12.6. The predicted octanol–water partition coefficient (Wildman–Crippen LogP) is 0.886. The van der Waals surface area contributed by atoms with E-state index in [1.807, 2.05) is 0 Å². The van der Waals surface area contributed by atoms with Gasteiger partial charge in [-0.25, -0.2) is 4.39 Å². The van der Waals surface area contributed by atoms with Crippen molar-refractivity contribution in [3.8, 4) is 0 Å². The summed E-state index contributed by atoms with van der Waals surface area (Å²) in [6.07, 6.45) is 0.726. The lowest BCUT2D eigenvalue weighted by Gasteiger charge is -2.08. The molecule has 1 aromatic rings. The lowest BCUT2D eigenvalue weighted by atomic mass is 9.90. The number of halogens is 1. The van der Waals surface area contributed by atoms with E-state index < -0.39 is 0 Å². The van der Waals surface area contributed by atoms with Crippen LogP contribution in [0.4, 0.5) is 10.1 Å². The molecule has 0 spiro atoms. The molecule has 0 radical (unpaired) electrons. The molecule has 1 aliphatic heterocycles. The van der Waals surface area contributed by atoms with Gasteiger partial charge in [-0.2, -0.15) is 0 Å². The van der Waals surface area contributed by atoms with E-state index in [4.69, 9.17) is 0 Å². The Kier molecular flexibility index (Phi) is 1.36. The van der Waals surface area contributed by atoms with E-state index in [1.54, 1.807) is 6.07 Å². The van der Waals surface area contributed by atoms with Crippen LogP contribution in [0.1, 0.15) is 5.56 Å². The third-order valence-corrected chi connectivity index (χ3v) is 1.91. The lowest BCUT2D eigenvalue weighted by molar-refractivity contribution is 0.324. The highest BCUT2D eigenvalue weighted by Gasteiger charge is 2.18. The first-order valence-electron chi connectivity index (χ1n) is 3.52. The van der Waals surface area contributed by atoms with Crippen molar-refractivity contribution in [1.29, 1.82) is 0 Å². The average molecular weight is 151 g/mol. The third-order valence-electron chi connectivity index (χ3n) is 1.91. The molecule has 1 N–H and O–H groups in total. The molecular formula is C7H7BFNO. The fourth-order valence-corrected chi connectivity index (χ4v) is 1.35. The van der Waals surface area contributed by atoms with E-state index >= 15 is 0 Å². The van der Waals surface area contributed by atoms with Gasteiger partial charge in [0.2, 0.25) is 0 Å². The van der Waals surface area contributed by atoms with Crippen LogP contribution in [0.15, 0.2) is 18.2 Å². The molecule has 0 saturated carbocycles. The van der Waals surface area contributed by atoms with Gasteiger partial charge < -0.3 is 10.2 Å². The maximum atomic E-state index is 12.6. The zero-order valence-electron chi connectivity index (χ0n) is 5.92. The fraction of sp³-hybridized carbons (Fsp3) is 0.143. The standard InChI is InChI=1S/C7H7BFNO/c9-6-1-2-7-5(3-6)4-8-10(7)11/h1-3,8,11H,4H2. The van der Waals surface area contributed by atoms with Crippen LogP contribution in [0.2, 0.25) is 0 Å². The third kappa shape index (κ3) is 0.992. The van der Waals surface area contributed by atoms with E-state index in [-0.39, 0.29) is 5.82 Å². The Hall–Kier alpha value is -1.03. The highest BCUT2D eigenvalue weighted by atomic mass is 19.1. The van der Waals surface area contributed by atoms with Gasteiger partial charge in [0.25, 0.3) is 7.41 Å². The second-order valence-electron chi connectivity index (χ2n) is 2.65. The Morgan fingerprint density at radius 2 is 2.36 bits per heavy atom. The van der Waals surface area contributed by atoms with E-state index in [9.17, 15) is 9.60 Å². The minimum Gasteiger partial charge on any atom is -0.307 e. The molecule has 0 bridgehead atoms. The summed E-state index contributed by atoms with van der Waals surface area (Å²) in [6.45, 7) is 0. The van der Waals surface area contributed by atoms with Crippen LogP contribution in [-0.4, -0.2) is 12.6 Å². The van der Waals surface area contributed by atoms with Gasteiger partial charge in [-0.1, -0.05) is 0 Å². The lowest BCUT2D eigenvalue weighted by Crippen LogP contribution is -2.17. The van der Waals surface area contributed by atoms with E-state index in [2.05, 4.69) is 0 Å². The molecule has 1 aliphatic rings. The van der Waals surface area contributed by atoms with Crippen LogP contribution in [0.25, 0.3) is 0 Å². The maximum Gasteiger partial charge on any atom is 0.277 e. The van der Waals surface area contributed by atoms with Crippen LogP contribution >= 0.6 is 0 Å². The summed E-state index contributed by atoms with van der Waals surface area (Å²) in [6, 6.07) is 4.41. The first-order valence-corrected chi connectivity index (χ1v) is 3.52. The van der Waals surface area contributed by atoms with E-state index in [1.165, 1.54) is 12.1 Å². The van der Waals surface area contributed by atoms with Crippen LogP contribution in [0, 0.1) is 5.82 Å². The van der Waals surface area contributed by atoms with Crippen molar-refractivity contribution < 1.29 is 9.60 Å². The van der Waals surface area contributed by atoms with Gasteiger partial charge in [-0.15, -0.1) is 0 Å². The second kappa shape index (κ2) is 2.24. The summed E-state index contributed by atoms with van der Waals surface area (Å²) in [7, 11) is 0.568. The zero-order chi connectivity index (χ0) is 7.84. The number of anilines is 1. The van der Waals surface area contributed by atoms with Crippen molar-refractivity contribution in [2.75, 3.05) is 4.97 Å². The first-order chi connectivity index (χ1) is 5.27. The zero-order valence-corrected chi connectivity index (χ0v) is 5.92. The SMILES string of the molecule is ON1BCc2cc(F)ccc21. The Bertz CT molecular complexity index is 292. The Morgan fingerprint density at radius 1 is 1.55 bits per heavy atom. The quantitative estimate of drug-likeness (QED) is 0.556. The highest BCUT2D eigenvalue weighted by Crippen LogP contribution is 2.25. The van der Waals surface area contributed by atoms with Crippen molar-refractivity contribution in [1.82, 2.24) is 0 Å². The predicted molar refractivity (Wildman–Crippen MR) is 41.5 cm³/mol. The Labute approximate surface area is 64.5 Å². The molecule has 0 unspecified atom stereocenters. The van der Waals surface area contributed by atoms with Gasteiger partial charge >= 0.3 is 0 Å². The molecule has 0 aliphatic carbocycles. The minimum atomic E-state index is -0.237. The molecule has 0 aromatic heterocycles. The van der Waals surface area contributed by atoms with Gasteiger partial charge in [0.05, 0.1) is 5.69 Å². The van der Waals surface area contributed by atoms with Crippen LogP contribution in [-0.2, 0) is 6.32 Å². The van der Waals surface area contributed by atoms with Crippen LogP contribution < -0.4 is 4.97 Å². The summed E-state index contributed by atoms with van der Waals surface area (Å²) in [5, 5.41) is 9.18. The molecule has 11 heavy (non-hydrogen) atoms. The molecular weight excluding hydrogens is 144 g/mol. The first kappa shape index (κ1) is 6.67. The smallest absolute Gasteiger partial charge is 0.277 e. The number of fused-ring (bicyclic) bond motifs is 1. The molecule has 2 rings (SSSR count). The summed E-state index contributed by atoms with van der Waals surface area (Å²) >= 11 is 0. The van der Waals surface area contributed by atoms with Gasteiger partial charge in [0.15, 0.2) is 0 Å². The molecule has 56 valence electrons.